The van der Waals surface area contributed by atoms with Gasteiger partial charge >= 0.3 is 0 Å². The van der Waals surface area contributed by atoms with Crippen molar-refractivity contribution in [3.8, 4) is 0 Å². The molecule has 0 bridgehead atoms. The molecule has 1 aromatic carbocycles. The summed E-state index contributed by atoms with van der Waals surface area (Å²) in [5.41, 5.74) is 2.55. The van der Waals surface area contributed by atoms with Crippen molar-refractivity contribution in [2.45, 2.75) is 38.6 Å². The van der Waals surface area contributed by atoms with Gasteiger partial charge in [-0.3, -0.25) is 9.59 Å². The number of amides is 2. The molecule has 2 aromatic heterocycles. The number of carbonyl (C=O) groups excluding carboxylic acids is 2. The zero-order valence-corrected chi connectivity index (χ0v) is 18.0. The second kappa shape index (κ2) is 8.94. The van der Waals surface area contributed by atoms with Gasteiger partial charge in [-0.05, 0) is 55.5 Å². The molecule has 2 aliphatic rings. The van der Waals surface area contributed by atoms with Crippen molar-refractivity contribution in [2.24, 2.45) is 5.92 Å². The van der Waals surface area contributed by atoms with Crippen LogP contribution in [0.5, 0.6) is 0 Å². The topological polar surface area (TPSA) is 95.7 Å². The van der Waals surface area contributed by atoms with Crippen molar-refractivity contribution in [1.82, 2.24) is 24.7 Å². The lowest BCUT2D eigenvalue weighted by atomic mass is 9.95. The fraction of sp³-hybridized carbons (Fsp3) is 0.435. The van der Waals surface area contributed by atoms with Crippen LogP contribution in [0.4, 0.5) is 11.5 Å². The number of fused-ring (bicyclic) bond motifs is 1. The molecule has 9 heteroatoms. The number of aromatic nitrogens is 4. The van der Waals surface area contributed by atoms with Crippen molar-refractivity contribution >= 4 is 29.0 Å². The van der Waals surface area contributed by atoms with Crippen LogP contribution in [0.2, 0.25) is 0 Å². The van der Waals surface area contributed by atoms with Gasteiger partial charge in [0.15, 0.2) is 5.65 Å². The summed E-state index contributed by atoms with van der Waals surface area (Å²) in [5, 5.41) is 15.5. The predicted molar refractivity (Wildman–Crippen MR) is 120 cm³/mol. The molecule has 2 fully saturated rings. The highest BCUT2D eigenvalue weighted by atomic mass is 16.2. The maximum atomic E-state index is 12.9. The Balaban J connectivity index is 1.16. The van der Waals surface area contributed by atoms with Gasteiger partial charge in [0.05, 0.1) is 0 Å². The Morgan fingerprint density at radius 1 is 1.09 bits per heavy atom. The summed E-state index contributed by atoms with van der Waals surface area (Å²) in [6.07, 6.45) is 5.82. The van der Waals surface area contributed by atoms with Gasteiger partial charge in [0.1, 0.15) is 12.1 Å². The van der Waals surface area contributed by atoms with E-state index in [1.165, 1.54) is 0 Å². The molecule has 2 aliphatic heterocycles. The summed E-state index contributed by atoms with van der Waals surface area (Å²) >= 11 is 0. The first-order valence-corrected chi connectivity index (χ1v) is 11.3. The number of anilines is 2. The average molecular weight is 434 g/mol. The summed E-state index contributed by atoms with van der Waals surface area (Å²) in [7, 11) is 0. The van der Waals surface area contributed by atoms with Crippen molar-refractivity contribution in [1.29, 1.82) is 0 Å². The van der Waals surface area contributed by atoms with Gasteiger partial charge in [0.25, 0.3) is 0 Å². The molecule has 2 amide bonds. The molecule has 0 radical (unpaired) electrons. The van der Waals surface area contributed by atoms with Crippen molar-refractivity contribution < 1.29 is 9.59 Å². The van der Waals surface area contributed by atoms with Crippen LogP contribution in [0, 0.1) is 5.92 Å². The number of hydrogen-bond acceptors (Lipinski definition) is 6. The lowest BCUT2D eigenvalue weighted by molar-refractivity contribution is -0.133. The molecule has 0 unspecified atom stereocenters. The van der Waals surface area contributed by atoms with Crippen molar-refractivity contribution in [3.05, 3.63) is 48.3 Å². The van der Waals surface area contributed by atoms with Gasteiger partial charge in [-0.25, -0.2) is 0 Å². The fourth-order valence-electron chi connectivity index (χ4n) is 4.50. The van der Waals surface area contributed by atoms with E-state index in [-0.39, 0.29) is 17.7 Å². The van der Waals surface area contributed by atoms with Gasteiger partial charge in [0.2, 0.25) is 11.8 Å². The molecule has 32 heavy (non-hydrogen) atoms. The van der Waals surface area contributed by atoms with E-state index < -0.39 is 0 Å². The number of carbonyl (C=O) groups is 2. The largest absolute Gasteiger partial charge is 0.355 e. The first-order valence-electron chi connectivity index (χ1n) is 11.3. The van der Waals surface area contributed by atoms with E-state index in [0.29, 0.717) is 13.0 Å². The lowest BCUT2D eigenvalue weighted by Gasteiger charge is -2.32. The zero-order valence-electron chi connectivity index (χ0n) is 18.0. The number of rotatable bonds is 5. The molecule has 0 saturated carbocycles. The molecule has 0 aliphatic carbocycles. The molecule has 5 rings (SSSR count). The molecule has 0 atom stereocenters. The minimum atomic E-state index is -0.0304. The number of hydrogen-bond donors (Lipinski definition) is 1. The van der Waals surface area contributed by atoms with E-state index >= 15 is 0 Å². The Bertz CT molecular complexity index is 1120. The maximum Gasteiger partial charge on any atom is 0.227 e. The minimum absolute atomic E-state index is 0.0304. The van der Waals surface area contributed by atoms with Crippen LogP contribution in [0.25, 0.3) is 5.65 Å². The number of nitrogens with zero attached hydrogens (tertiary/aromatic N) is 6. The number of benzene rings is 1. The number of likely N-dealkylation sites (tertiary alicyclic amines) is 1. The summed E-state index contributed by atoms with van der Waals surface area (Å²) in [6.45, 7) is 2.96. The second-order valence-electron chi connectivity index (χ2n) is 8.55. The minimum Gasteiger partial charge on any atom is -0.355 e. The van der Waals surface area contributed by atoms with Gasteiger partial charge < -0.3 is 15.1 Å². The fourth-order valence-corrected chi connectivity index (χ4v) is 4.50. The van der Waals surface area contributed by atoms with Crippen LogP contribution in [-0.2, 0) is 16.1 Å². The molecule has 166 valence electrons. The van der Waals surface area contributed by atoms with E-state index in [0.717, 1.165) is 68.0 Å². The molecule has 4 heterocycles. The van der Waals surface area contributed by atoms with E-state index in [1.807, 2.05) is 41.3 Å². The van der Waals surface area contributed by atoms with Crippen LogP contribution < -0.4 is 10.2 Å². The summed E-state index contributed by atoms with van der Waals surface area (Å²) in [6, 6.07) is 11.7. The zero-order chi connectivity index (χ0) is 21.9. The summed E-state index contributed by atoms with van der Waals surface area (Å²) < 4.78 is 1.67. The van der Waals surface area contributed by atoms with Crippen LogP contribution in [0.3, 0.4) is 0 Å². The second-order valence-corrected chi connectivity index (χ2v) is 8.55. The first kappa shape index (κ1) is 20.4. The number of nitrogens with one attached hydrogen (secondary N) is 1. The van der Waals surface area contributed by atoms with Gasteiger partial charge in [-0.1, -0.05) is 12.1 Å². The van der Waals surface area contributed by atoms with Crippen LogP contribution in [-0.4, -0.2) is 56.2 Å². The molecule has 2 saturated heterocycles. The predicted octanol–water partition coefficient (Wildman–Crippen LogP) is 2.49. The van der Waals surface area contributed by atoms with Crippen molar-refractivity contribution in [3.63, 3.8) is 0 Å². The van der Waals surface area contributed by atoms with Crippen LogP contribution in [0.1, 0.15) is 37.7 Å². The first-order chi connectivity index (χ1) is 15.7. The van der Waals surface area contributed by atoms with Gasteiger partial charge in [0, 0.05) is 44.2 Å². The average Bonchev–Trinajstić information content (AvgIpc) is 3.29. The SMILES string of the molecule is O=C(Nc1cccc(CN2CCCCC2=O)c1)C1CCN(c2ccc3nncn3n2)CC1. The smallest absolute Gasteiger partial charge is 0.227 e. The highest BCUT2D eigenvalue weighted by Gasteiger charge is 2.26. The van der Waals surface area contributed by atoms with Crippen molar-refractivity contribution in [2.75, 3.05) is 29.9 Å². The van der Waals surface area contributed by atoms with E-state index in [1.54, 1.807) is 10.8 Å². The normalized spacial score (nSPS) is 17.7. The molecule has 0 spiro atoms. The molecule has 1 N–H and O–H groups in total. The third kappa shape index (κ3) is 4.42. The van der Waals surface area contributed by atoms with E-state index in [9.17, 15) is 9.59 Å². The third-order valence-electron chi connectivity index (χ3n) is 6.33. The lowest BCUT2D eigenvalue weighted by Crippen LogP contribution is -2.38. The highest BCUT2D eigenvalue weighted by Crippen LogP contribution is 2.24. The number of piperidine rings is 2. The standard InChI is InChI=1S/C23H27N7O2/c31-22-6-1-2-11-29(22)15-17-4-3-5-19(14-17)25-23(32)18-9-12-28(13-10-18)21-8-7-20-26-24-16-30(20)27-21/h3-5,7-8,14,16,18H,1-2,6,9-13,15H2,(H,25,32). The summed E-state index contributed by atoms with van der Waals surface area (Å²) in [4.78, 5) is 29.1. The molecule has 3 aromatic rings. The Kier molecular flexibility index (Phi) is 5.70. The Morgan fingerprint density at radius 2 is 1.97 bits per heavy atom. The quantitative estimate of drug-likeness (QED) is 0.664. The maximum absolute atomic E-state index is 12.9. The van der Waals surface area contributed by atoms with Crippen LogP contribution in [0.15, 0.2) is 42.7 Å². The molecular weight excluding hydrogens is 406 g/mol. The third-order valence-corrected chi connectivity index (χ3v) is 6.33. The Hall–Kier alpha value is -3.49. The monoisotopic (exact) mass is 433 g/mol. The van der Waals surface area contributed by atoms with Gasteiger partial charge in [-0.2, -0.15) is 4.52 Å². The molecular formula is C23H27N7O2. The highest BCUT2D eigenvalue weighted by molar-refractivity contribution is 5.92. The van der Waals surface area contributed by atoms with Crippen LogP contribution >= 0.6 is 0 Å². The Morgan fingerprint density at radius 3 is 2.81 bits per heavy atom. The van der Waals surface area contributed by atoms with E-state index in [2.05, 4.69) is 25.5 Å². The Labute approximate surface area is 186 Å². The molecule has 9 nitrogen and oxygen atoms in total. The summed E-state index contributed by atoms with van der Waals surface area (Å²) in [5.74, 6) is 1.11. The van der Waals surface area contributed by atoms with E-state index in [4.69, 9.17) is 0 Å². The van der Waals surface area contributed by atoms with Gasteiger partial charge in [-0.15, -0.1) is 15.3 Å².